The van der Waals surface area contributed by atoms with Gasteiger partial charge in [0.15, 0.2) is 6.23 Å². The Labute approximate surface area is 113 Å². The Morgan fingerprint density at radius 3 is 2.39 bits per heavy atom. The molecule has 0 spiro atoms. The Morgan fingerprint density at radius 2 is 2.00 bits per heavy atom. The molecule has 0 aliphatic rings. The van der Waals surface area contributed by atoms with Crippen molar-refractivity contribution in [3.63, 3.8) is 0 Å². The van der Waals surface area contributed by atoms with Gasteiger partial charge in [-0.25, -0.2) is 0 Å². The van der Waals surface area contributed by atoms with Gasteiger partial charge in [-0.1, -0.05) is 13.8 Å². The molecule has 0 saturated carbocycles. The van der Waals surface area contributed by atoms with Crippen LogP contribution in [0.1, 0.15) is 40.5 Å². The Bertz CT molecular complexity index is 288. The van der Waals surface area contributed by atoms with Gasteiger partial charge in [0.25, 0.3) is 6.47 Å². The molecule has 0 unspecified atom stereocenters. The number of carbonyl (C=O) groups is 2. The minimum atomic E-state index is -0.611. The van der Waals surface area contributed by atoms with Gasteiger partial charge in [0, 0.05) is 23.1 Å². The van der Waals surface area contributed by atoms with Gasteiger partial charge < -0.3 is 15.8 Å². The Balaban J connectivity index is 4.44. The zero-order valence-electron chi connectivity index (χ0n) is 11.8. The molecule has 1 amide bonds. The van der Waals surface area contributed by atoms with Crippen molar-refractivity contribution < 1.29 is 14.3 Å². The van der Waals surface area contributed by atoms with Crippen molar-refractivity contribution in [1.82, 2.24) is 5.32 Å². The smallest absolute Gasteiger partial charge is 0.295 e. The summed E-state index contributed by atoms with van der Waals surface area (Å²) in [5.41, 5.74) is 5.19. The average molecular weight is 276 g/mol. The van der Waals surface area contributed by atoms with Gasteiger partial charge in [-0.3, -0.25) is 9.59 Å². The predicted octanol–water partition coefficient (Wildman–Crippen LogP) is 1.26. The lowest BCUT2D eigenvalue weighted by Gasteiger charge is -2.28. The first-order valence-corrected chi connectivity index (χ1v) is 7.04. The minimum absolute atomic E-state index is 0.0841. The van der Waals surface area contributed by atoms with Crippen LogP contribution in [-0.4, -0.2) is 35.1 Å². The van der Waals surface area contributed by atoms with Crippen molar-refractivity contribution >= 4 is 24.1 Å². The van der Waals surface area contributed by atoms with Crippen LogP contribution >= 0.6 is 11.8 Å². The van der Waals surface area contributed by atoms with Crippen molar-refractivity contribution in [2.45, 2.75) is 57.1 Å². The summed E-state index contributed by atoms with van der Waals surface area (Å²) in [6.07, 6.45) is 2.09. The summed E-state index contributed by atoms with van der Waals surface area (Å²) in [4.78, 5) is 22.2. The molecule has 0 heterocycles. The second-order valence-corrected chi connectivity index (χ2v) is 7.14. The third-order valence-electron chi connectivity index (χ3n) is 2.39. The summed E-state index contributed by atoms with van der Waals surface area (Å²) >= 11 is 1.65. The van der Waals surface area contributed by atoms with Crippen LogP contribution in [0.15, 0.2) is 0 Å². The van der Waals surface area contributed by atoms with E-state index in [4.69, 9.17) is 10.5 Å². The second-order valence-electron chi connectivity index (χ2n) is 5.62. The van der Waals surface area contributed by atoms with Gasteiger partial charge in [-0.2, -0.15) is 11.8 Å². The van der Waals surface area contributed by atoms with Crippen molar-refractivity contribution in [3.05, 3.63) is 0 Å². The van der Waals surface area contributed by atoms with E-state index >= 15 is 0 Å². The van der Waals surface area contributed by atoms with Gasteiger partial charge in [0.1, 0.15) is 0 Å². The normalized spacial score (nSPS) is 13.9. The first-order valence-electron chi connectivity index (χ1n) is 5.82. The van der Waals surface area contributed by atoms with Crippen LogP contribution in [0.4, 0.5) is 0 Å². The van der Waals surface area contributed by atoms with Crippen LogP contribution in [-0.2, 0) is 14.3 Å². The first kappa shape index (κ1) is 17.2. The number of thioether (sulfide) groups is 1. The molecule has 1 atom stereocenters. The molecule has 18 heavy (non-hydrogen) atoms. The Kier molecular flexibility index (Phi) is 6.70. The summed E-state index contributed by atoms with van der Waals surface area (Å²) in [5.74, 6) is -0.216. The van der Waals surface area contributed by atoms with Gasteiger partial charge in [0.05, 0.1) is 0 Å². The summed E-state index contributed by atoms with van der Waals surface area (Å²) in [7, 11) is 0. The molecule has 0 aromatic carbocycles. The maximum atomic E-state index is 11.7. The number of rotatable bonds is 8. The SMILES string of the molecule is CSC(C)(C)C[C@H](NC(=O)CC(C)(C)N)OC=O. The molecule has 0 rings (SSSR count). The van der Waals surface area contributed by atoms with Crippen molar-refractivity contribution in [1.29, 1.82) is 0 Å². The summed E-state index contributed by atoms with van der Waals surface area (Å²) in [6.45, 7) is 7.95. The molecule has 0 aliphatic heterocycles. The van der Waals surface area contributed by atoms with Gasteiger partial charge in [0.2, 0.25) is 5.91 Å². The van der Waals surface area contributed by atoms with Gasteiger partial charge >= 0.3 is 0 Å². The maximum Gasteiger partial charge on any atom is 0.295 e. The van der Waals surface area contributed by atoms with Crippen LogP contribution < -0.4 is 11.1 Å². The van der Waals surface area contributed by atoms with Crippen LogP contribution in [0.2, 0.25) is 0 Å². The predicted molar refractivity (Wildman–Crippen MR) is 74.2 cm³/mol. The zero-order valence-corrected chi connectivity index (χ0v) is 12.6. The molecule has 0 fully saturated rings. The number of nitrogens with two attached hydrogens (primary N) is 1. The van der Waals surface area contributed by atoms with Crippen LogP contribution in [0, 0.1) is 0 Å². The van der Waals surface area contributed by atoms with Crippen LogP contribution in [0.25, 0.3) is 0 Å². The Hall–Kier alpha value is -0.750. The van der Waals surface area contributed by atoms with E-state index in [1.807, 2.05) is 20.1 Å². The molecule has 0 saturated heterocycles. The highest BCUT2D eigenvalue weighted by Gasteiger charge is 2.26. The molecule has 5 nitrogen and oxygen atoms in total. The second kappa shape index (κ2) is 6.99. The Morgan fingerprint density at radius 1 is 1.44 bits per heavy atom. The van der Waals surface area contributed by atoms with E-state index in [-0.39, 0.29) is 17.1 Å². The number of nitrogens with one attached hydrogen (secondary N) is 1. The average Bonchev–Trinajstić information content (AvgIpc) is 2.14. The molecule has 0 radical (unpaired) electrons. The molecular weight excluding hydrogens is 252 g/mol. The fourth-order valence-electron chi connectivity index (χ4n) is 1.37. The molecule has 6 heteroatoms. The number of hydrogen-bond acceptors (Lipinski definition) is 5. The molecule has 0 aromatic heterocycles. The molecule has 0 bridgehead atoms. The van der Waals surface area contributed by atoms with E-state index in [0.29, 0.717) is 12.9 Å². The number of carbonyl (C=O) groups excluding carboxylic acids is 2. The third kappa shape index (κ3) is 8.36. The monoisotopic (exact) mass is 276 g/mol. The summed E-state index contributed by atoms with van der Waals surface area (Å²) in [6, 6.07) is 0. The number of amides is 1. The third-order valence-corrected chi connectivity index (χ3v) is 3.66. The van der Waals surface area contributed by atoms with Gasteiger partial charge in [-0.15, -0.1) is 0 Å². The van der Waals surface area contributed by atoms with Crippen molar-refractivity contribution in [2.75, 3.05) is 6.26 Å². The standard InChI is InChI=1S/C12H24N2O3S/c1-11(2,13)6-9(16)14-10(17-8-15)7-12(3,4)18-5/h8,10H,6-7,13H2,1-5H3,(H,14,16)/t10-/m1/s1. The van der Waals surface area contributed by atoms with Crippen molar-refractivity contribution in [2.24, 2.45) is 5.73 Å². The summed E-state index contributed by atoms with van der Waals surface area (Å²) in [5, 5.41) is 2.68. The van der Waals surface area contributed by atoms with E-state index in [2.05, 4.69) is 5.32 Å². The van der Waals surface area contributed by atoms with E-state index in [1.54, 1.807) is 25.6 Å². The van der Waals surface area contributed by atoms with E-state index in [0.717, 1.165) is 0 Å². The number of ether oxygens (including phenoxy) is 1. The highest BCUT2D eigenvalue weighted by Crippen LogP contribution is 2.27. The fourth-order valence-corrected chi connectivity index (χ4v) is 1.69. The topological polar surface area (TPSA) is 81.4 Å². The van der Waals surface area contributed by atoms with Crippen molar-refractivity contribution in [3.8, 4) is 0 Å². The van der Waals surface area contributed by atoms with E-state index < -0.39 is 11.8 Å². The first-order chi connectivity index (χ1) is 8.09. The quantitative estimate of drug-likeness (QED) is 0.515. The van der Waals surface area contributed by atoms with E-state index in [1.165, 1.54) is 0 Å². The number of hydrogen-bond donors (Lipinski definition) is 2. The maximum absolute atomic E-state index is 11.7. The largest absolute Gasteiger partial charge is 0.444 e. The van der Waals surface area contributed by atoms with E-state index in [9.17, 15) is 9.59 Å². The van der Waals surface area contributed by atoms with Crippen LogP contribution in [0.3, 0.4) is 0 Å². The lowest BCUT2D eigenvalue weighted by Crippen LogP contribution is -2.45. The molecular formula is C12H24N2O3S. The van der Waals surface area contributed by atoms with Crippen LogP contribution in [0.5, 0.6) is 0 Å². The highest BCUT2D eigenvalue weighted by atomic mass is 32.2. The molecule has 0 aliphatic carbocycles. The van der Waals surface area contributed by atoms with Gasteiger partial charge in [-0.05, 0) is 20.1 Å². The lowest BCUT2D eigenvalue weighted by molar-refractivity contribution is -0.139. The summed E-state index contributed by atoms with van der Waals surface area (Å²) < 4.78 is 4.81. The zero-order chi connectivity index (χ0) is 14.4. The molecule has 3 N–H and O–H groups in total. The highest BCUT2D eigenvalue weighted by molar-refractivity contribution is 7.99. The molecule has 106 valence electrons. The fraction of sp³-hybridized carbons (Fsp3) is 0.833. The lowest BCUT2D eigenvalue weighted by atomic mass is 10.0. The molecule has 0 aromatic rings. The minimum Gasteiger partial charge on any atom is -0.444 e.